The van der Waals surface area contributed by atoms with E-state index < -0.39 is 20.2 Å². The zero-order valence-electron chi connectivity index (χ0n) is 21.3. The minimum atomic E-state index is -2.74. The first-order valence-electron chi connectivity index (χ1n) is 12.2. The molecule has 0 bridgehead atoms. The van der Waals surface area contributed by atoms with Crippen molar-refractivity contribution in [3.8, 4) is 0 Å². The summed E-state index contributed by atoms with van der Waals surface area (Å²) in [5.41, 5.74) is 1.10. The molecule has 0 saturated heterocycles. The Morgan fingerprint density at radius 2 is 1.53 bits per heavy atom. The molecule has 182 valence electrons. The number of benzene rings is 2. The number of rotatable bonds is 8. The van der Waals surface area contributed by atoms with Gasteiger partial charge < -0.3 is 14.0 Å². The number of hydrogen-bond donors (Lipinski definition) is 0. The van der Waals surface area contributed by atoms with E-state index in [0.717, 1.165) is 11.9 Å². The lowest BCUT2D eigenvalue weighted by Gasteiger charge is -2.45. The van der Waals surface area contributed by atoms with Gasteiger partial charge >= 0.3 is 5.97 Å². The first kappa shape index (κ1) is 26.1. The maximum Gasteiger partial charge on any atom is 0.310 e. The van der Waals surface area contributed by atoms with Gasteiger partial charge in [-0.25, -0.2) is 0 Å². The zero-order chi connectivity index (χ0) is 24.9. The minimum Gasteiger partial charge on any atom is -0.466 e. The molecule has 0 aliphatic heterocycles. The maximum absolute atomic E-state index is 12.8. The van der Waals surface area contributed by atoms with Crippen molar-refractivity contribution in [3.05, 3.63) is 72.3 Å². The fourth-order valence-corrected chi connectivity index (χ4v) is 10.0. The molecule has 3 rings (SSSR count). The van der Waals surface area contributed by atoms with Gasteiger partial charge in [-0.1, -0.05) is 100 Å². The van der Waals surface area contributed by atoms with Crippen molar-refractivity contribution in [1.82, 2.24) is 0 Å². The lowest BCUT2D eigenvalue weighted by atomic mass is 9.69. The van der Waals surface area contributed by atoms with E-state index in [9.17, 15) is 9.59 Å². The van der Waals surface area contributed by atoms with Crippen LogP contribution in [0.2, 0.25) is 5.04 Å². The van der Waals surface area contributed by atoms with Gasteiger partial charge in [0.05, 0.1) is 12.5 Å². The van der Waals surface area contributed by atoms with E-state index in [1.807, 2.05) is 26.0 Å². The molecule has 0 unspecified atom stereocenters. The highest BCUT2D eigenvalue weighted by atomic mass is 28.4. The molecule has 0 fully saturated rings. The average molecular weight is 479 g/mol. The highest BCUT2D eigenvalue weighted by molar-refractivity contribution is 6.99. The molecule has 5 heteroatoms. The van der Waals surface area contributed by atoms with Crippen molar-refractivity contribution in [2.45, 2.75) is 46.6 Å². The van der Waals surface area contributed by atoms with E-state index in [1.54, 1.807) is 6.92 Å². The summed E-state index contributed by atoms with van der Waals surface area (Å²) in [6.07, 6.45) is 3.07. The van der Waals surface area contributed by atoms with Gasteiger partial charge in [-0.3, -0.25) is 4.79 Å². The van der Waals surface area contributed by atoms with Crippen LogP contribution in [0.4, 0.5) is 0 Å². The Bertz CT molecular complexity index is 954. The summed E-state index contributed by atoms with van der Waals surface area (Å²) in [6, 6.07) is 20.9. The van der Waals surface area contributed by atoms with E-state index in [4.69, 9.17) is 9.16 Å². The van der Waals surface area contributed by atoms with Crippen LogP contribution in [0.5, 0.6) is 0 Å². The molecular weight excluding hydrogens is 440 g/mol. The van der Waals surface area contributed by atoms with Crippen molar-refractivity contribution in [2.75, 3.05) is 13.2 Å². The van der Waals surface area contributed by atoms with Gasteiger partial charge in [-0.2, -0.15) is 0 Å². The normalized spacial score (nSPS) is 23.2. The van der Waals surface area contributed by atoms with E-state index in [2.05, 4.69) is 75.4 Å². The summed E-state index contributed by atoms with van der Waals surface area (Å²) >= 11 is 0. The van der Waals surface area contributed by atoms with Gasteiger partial charge in [0.25, 0.3) is 8.32 Å². The molecule has 0 heterocycles. The Balaban J connectivity index is 2.06. The van der Waals surface area contributed by atoms with Crippen molar-refractivity contribution >= 4 is 30.9 Å². The van der Waals surface area contributed by atoms with Crippen LogP contribution in [-0.4, -0.2) is 33.8 Å². The third-order valence-corrected chi connectivity index (χ3v) is 12.3. The Labute approximate surface area is 205 Å². The minimum absolute atomic E-state index is 0.0432. The van der Waals surface area contributed by atoms with Crippen LogP contribution in [0.3, 0.4) is 0 Å². The topological polar surface area (TPSA) is 52.6 Å². The fraction of sp³-hybridized carbons (Fsp3) is 0.448. The summed E-state index contributed by atoms with van der Waals surface area (Å²) in [5.74, 6) is -1.50. The molecule has 1 aliphatic rings. The number of aldehydes is 1. The van der Waals surface area contributed by atoms with Crippen molar-refractivity contribution in [1.29, 1.82) is 0 Å². The Kier molecular flexibility index (Phi) is 8.32. The molecule has 1 aliphatic carbocycles. The van der Waals surface area contributed by atoms with Crippen LogP contribution in [0.1, 0.15) is 41.5 Å². The monoisotopic (exact) mass is 478 g/mol. The first-order chi connectivity index (χ1) is 16.2. The van der Waals surface area contributed by atoms with E-state index in [-0.39, 0.29) is 22.8 Å². The number of esters is 1. The molecule has 0 aromatic heterocycles. The SMILES string of the molecule is CCOC(=O)[C@@H]1[C@@H](C=O)[C@@H](CO[Si](c2ccccc2)(c2ccccc2)C(C)(C)C)C=C(C)[C@H]1C. The first-order valence-corrected chi connectivity index (χ1v) is 14.1. The quantitative estimate of drug-likeness (QED) is 0.237. The Morgan fingerprint density at radius 1 is 1.00 bits per heavy atom. The smallest absolute Gasteiger partial charge is 0.310 e. The zero-order valence-corrected chi connectivity index (χ0v) is 22.3. The molecule has 0 N–H and O–H groups in total. The number of carbonyl (C=O) groups excluding carboxylic acids is 2. The predicted octanol–water partition coefficient (Wildman–Crippen LogP) is 4.77. The summed E-state index contributed by atoms with van der Waals surface area (Å²) in [5, 5.41) is 2.24. The molecule has 2 aromatic carbocycles. The Hall–Kier alpha value is -2.50. The van der Waals surface area contributed by atoms with Crippen LogP contribution in [-0.2, 0) is 18.8 Å². The highest BCUT2D eigenvalue weighted by Crippen LogP contribution is 2.41. The van der Waals surface area contributed by atoms with Gasteiger partial charge in [-0.15, -0.1) is 0 Å². The van der Waals surface area contributed by atoms with Gasteiger partial charge in [0, 0.05) is 18.4 Å². The van der Waals surface area contributed by atoms with Crippen LogP contribution < -0.4 is 10.4 Å². The van der Waals surface area contributed by atoms with Gasteiger partial charge in [0.2, 0.25) is 0 Å². The molecule has 0 spiro atoms. The van der Waals surface area contributed by atoms with Crippen molar-refractivity contribution in [3.63, 3.8) is 0 Å². The summed E-state index contributed by atoms with van der Waals surface area (Å²) in [6.45, 7) is 13.2. The standard InChI is InChI=1S/C29H38O4Si/c1-7-32-28(31)27-22(3)21(2)18-23(26(27)19-30)20-33-34(29(4,5)6,24-14-10-8-11-15-24)25-16-12-9-13-17-25/h8-19,22-23,26-27H,7,20H2,1-6H3/t22-,23-,26+,27+/m1/s1. The maximum atomic E-state index is 12.8. The highest BCUT2D eigenvalue weighted by Gasteiger charge is 2.51. The average Bonchev–Trinajstić information content (AvgIpc) is 2.82. The fourth-order valence-electron chi connectivity index (χ4n) is 5.41. The van der Waals surface area contributed by atoms with Crippen LogP contribution in [0.15, 0.2) is 72.3 Å². The molecule has 0 radical (unpaired) electrons. The number of hydrogen-bond acceptors (Lipinski definition) is 4. The molecular formula is C29H38O4Si. The number of carbonyl (C=O) groups is 2. The molecule has 4 atom stereocenters. The molecule has 2 aromatic rings. The number of ether oxygens (including phenoxy) is 1. The van der Waals surface area contributed by atoms with E-state index in [0.29, 0.717) is 13.2 Å². The second-order valence-electron chi connectivity index (χ2n) is 10.3. The second-order valence-corrected chi connectivity index (χ2v) is 14.6. The summed E-state index contributed by atoms with van der Waals surface area (Å²) in [7, 11) is -2.74. The second kappa shape index (κ2) is 10.8. The lowest BCUT2D eigenvalue weighted by Crippen LogP contribution is -2.67. The van der Waals surface area contributed by atoms with E-state index in [1.165, 1.54) is 10.4 Å². The summed E-state index contributed by atoms with van der Waals surface area (Å²) in [4.78, 5) is 25.2. The van der Waals surface area contributed by atoms with Crippen molar-refractivity contribution < 1.29 is 18.8 Å². The summed E-state index contributed by atoms with van der Waals surface area (Å²) < 4.78 is 12.5. The van der Waals surface area contributed by atoms with Crippen LogP contribution in [0, 0.1) is 23.7 Å². The molecule has 0 saturated carbocycles. The van der Waals surface area contributed by atoms with Gasteiger partial charge in [-0.05, 0) is 35.2 Å². The Morgan fingerprint density at radius 3 is 1.97 bits per heavy atom. The lowest BCUT2D eigenvalue weighted by molar-refractivity contribution is -0.154. The van der Waals surface area contributed by atoms with Gasteiger partial charge in [0.15, 0.2) is 0 Å². The molecule has 0 amide bonds. The number of allylic oxidation sites excluding steroid dienone is 1. The van der Waals surface area contributed by atoms with Crippen LogP contribution in [0.25, 0.3) is 0 Å². The van der Waals surface area contributed by atoms with Crippen LogP contribution >= 0.6 is 0 Å². The third-order valence-electron chi connectivity index (χ3n) is 7.27. The molecule has 4 nitrogen and oxygen atoms in total. The van der Waals surface area contributed by atoms with Gasteiger partial charge in [0.1, 0.15) is 6.29 Å². The third kappa shape index (κ3) is 4.96. The largest absolute Gasteiger partial charge is 0.466 e. The predicted molar refractivity (Wildman–Crippen MR) is 140 cm³/mol. The van der Waals surface area contributed by atoms with Crippen molar-refractivity contribution in [2.24, 2.45) is 23.7 Å². The van der Waals surface area contributed by atoms with E-state index >= 15 is 0 Å². The molecule has 34 heavy (non-hydrogen) atoms.